The first-order valence-corrected chi connectivity index (χ1v) is 11.1. The highest BCUT2D eigenvalue weighted by molar-refractivity contribution is 7.99. The van der Waals surface area contributed by atoms with E-state index in [9.17, 15) is 9.59 Å². The third-order valence-corrected chi connectivity index (χ3v) is 5.68. The molecule has 2 aromatic heterocycles. The first-order chi connectivity index (χ1) is 15.5. The maximum atomic E-state index is 12.5. The molecule has 0 aliphatic carbocycles. The van der Waals surface area contributed by atoms with E-state index in [1.807, 2.05) is 54.8 Å². The third kappa shape index (κ3) is 5.12. The number of carbonyl (C=O) groups is 1. The summed E-state index contributed by atoms with van der Waals surface area (Å²) in [6, 6.07) is 16.7. The van der Waals surface area contributed by atoms with Gasteiger partial charge < -0.3 is 10.3 Å². The molecule has 4 aromatic rings. The fourth-order valence-electron chi connectivity index (χ4n) is 3.10. The van der Waals surface area contributed by atoms with Crippen molar-refractivity contribution in [3.05, 3.63) is 82.5 Å². The highest BCUT2D eigenvalue weighted by atomic mass is 32.2. The first-order valence-electron chi connectivity index (χ1n) is 10.1. The van der Waals surface area contributed by atoms with Crippen molar-refractivity contribution in [2.24, 2.45) is 0 Å². The molecule has 0 atom stereocenters. The van der Waals surface area contributed by atoms with E-state index in [0.29, 0.717) is 28.8 Å². The standard InChI is InChI=1S/C23H22N6O2S/c1-3-17-12-20(30)27-22(26-17)16-5-4-6-18(11-16)25-21(31)13-32-23-28-24-14-29(23)19-9-7-15(2)8-10-19/h4-12,14H,3,13H2,1-2H3,(H,25,31)(H,26,27,30). The van der Waals surface area contributed by atoms with Crippen LogP contribution in [0.15, 0.2) is 70.9 Å². The van der Waals surface area contributed by atoms with Crippen molar-refractivity contribution in [2.45, 2.75) is 25.4 Å². The van der Waals surface area contributed by atoms with Crippen molar-refractivity contribution in [3.8, 4) is 17.1 Å². The van der Waals surface area contributed by atoms with Gasteiger partial charge >= 0.3 is 0 Å². The summed E-state index contributed by atoms with van der Waals surface area (Å²) in [4.78, 5) is 31.6. The van der Waals surface area contributed by atoms with Crippen LogP contribution in [0, 0.1) is 6.92 Å². The molecule has 0 saturated carbocycles. The molecule has 9 heteroatoms. The van der Waals surface area contributed by atoms with Gasteiger partial charge in [0.25, 0.3) is 5.56 Å². The minimum absolute atomic E-state index is 0.172. The molecule has 4 rings (SSSR count). The Morgan fingerprint density at radius 1 is 1.16 bits per heavy atom. The second-order valence-corrected chi connectivity index (χ2v) is 8.12. The molecule has 32 heavy (non-hydrogen) atoms. The van der Waals surface area contributed by atoms with Gasteiger partial charge in [0.15, 0.2) is 5.16 Å². The quantitative estimate of drug-likeness (QED) is 0.420. The minimum atomic E-state index is -0.199. The van der Waals surface area contributed by atoms with E-state index in [0.717, 1.165) is 11.3 Å². The summed E-state index contributed by atoms with van der Waals surface area (Å²) in [5.74, 6) is 0.482. The van der Waals surface area contributed by atoms with Gasteiger partial charge in [-0.05, 0) is 37.6 Å². The molecule has 0 fully saturated rings. The van der Waals surface area contributed by atoms with E-state index in [-0.39, 0.29) is 17.2 Å². The highest BCUT2D eigenvalue weighted by Crippen LogP contribution is 2.22. The maximum absolute atomic E-state index is 12.5. The van der Waals surface area contributed by atoms with Crippen LogP contribution in [-0.2, 0) is 11.2 Å². The summed E-state index contributed by atoms with van der Waals surface area (Å²) in [5, 5.41) is 11.6. The van der Waals surface area contributed by atoms with Gasteiger partial charge in [-0.1, -0.05) is 48.5 Å². The number of thioether (sulfide) groups is 1. The Bertz CT molecular complexity index is 1300. The minimum Gasteiger partial charge on any atom is -0.325 e. The zero-order valence-electron chi connectivity index (χ0n) is 17.7. The Labute approximate surface area is 189 Å². The first kappa shape index (κ1) is 21.5. The van der Waals surface area contributed by atoms with Gasteiger partial charge in [0.2, 0.25) is 5.91 Å². The number of carbonyl (C=O) groups excluding carboxylic acids is 1. The molecular formula is C23H22N6O2S. The predicted molar refractivity (Wildman–Crippen MR) is 125 cm³/mol. The number of benzene rings is 2. The summed E-state index contributed by atoms with van der Waals surface area (Å²) < 4.78 is 1.85. The molecule has 0 radical (unpaired) electrons. The van der Waals surface area contributed by atoms with Crippen molar-refractivity contribution >= 4 is 23.4 Å². The number of aromatic amines is 1. The Hall–Kier alpha value is -3.72. The Balaban J connectivity index is 1.43. The van der Waals surface area contributed by atoms with Gasteiger partial charge in [0, 0.05) is 28.7 Å². The second kappa shape index (κ2) is 9.61. The van der Waals surface area contributed by atoms with Crippen LogP contribution < -0.4 is 10.9 Å². The van der Waals surface area contributed by atoms with Crippen LogP contribution in [0.25, 0.3) is 17.1 Å². The summed E-state index contributed by atoms with van der Waals surface area (Å²) in [6.45, 7) is 3.97. The van der Waals surface area contributed by atoms with Gasteiger partial charge in [-0.2, -0.15) is 0 Å². The molecule has 0 unspecified atom stereocenters. The van der Waals surface area contributed by atoms with Gasteiger partial charge in [0.1, 0.15) is 12.2 Å². The van der Waals surface area contributed by atoms with Crippen LogP contribution in [0.5, 0.6) is 0 Å². The number of amides is 1. The van der Waals surface area contributed by atoms with Crippen LogP contribution >= 0.6 is 11.8 Å². The summed E-state index contributed by atoms with van der Waals surface area (Å²) in [7, 11) is 0. The fourth-order valence-corrected chi connectivity index (χ4v) is 3.83. The van der Waals surface area contributed by atoms with Crippen LogP contribution in [-0.4, -0.2) is 36.4 Å². The molecular weight excluding hydrogens is 424 g/mol. The molecule has 162 valence electrons. The average Bonchev–Trinajstić information content (AvgIpc) is 3.26. The van der Waals surface area contributed by atoms with Gasteiger partial charge in [-0.15, -0.1) is 10.2 Å². The number of nitrogens with one attached hydrogen (secondary N) is 2. The smallest absolute Gasteiger partial charge is 0.251 e. The van der Waals surface area contributed by atoms with Crippen LogP contribution in [0.4, 0.5) is 5.69 Å². The molecule has 0 spiro atoms. The van der Waals surface area contributed by atoms with Gasteiger partial charge in [0.05, 0.1) is 5.75 Å². The Kier molecular flexibility index (Phi) is 6.46. The topological polar surface area (TPSA) is 106 Å². The van der Waals surface area contributed by atoms with Crippen LogP contribution in [0.3, 0.4) is 0 Å². The highest BCUT2D eigenvalue weighted by Gasteiger charge is 2.11. The lowest BCUT2D eigenvalue weighted by Crippen LogP contribution is -2.15. The van der Waals surface area contributed by atoms with Crippen molar-refractivity contribution in [2.75, 3.05) is 11.1 Å². The Morgan fingerprint density at radius 2 is 1.97 bits per heavy atom. The number of nitrogens with zero attached hydrogens (tertiary/aromatic N) is 4. The molecule has 1 amide bonds. The predicted octanol–water partition coefficient (Wildman–Crippen LogP) is 3.62. The normalized spacial score (nSPS) is 10.8. The largest absolute Gasteiger partial charge is 0.325 e. The zero-order valence-corrected chi connectivity index (χ0v) is 18.5. The number of rotatable bonds is 7. The van der Waals surface area contributed by atoms with Gasteiger partial charge in [-0.3, -0.25) is 14.2 Å². The molecule has 0 aliphatic heterocycles. The third-order valence-electron chi connectivity index (χ3n) is 4.74. The lowest BCUT2D eigenvalue weighted by Gasteiger charge is -2.09. The number of H-pyrrole nitrogens is 1. The van der Waals surface area contributed by atoms with E-state index >= 15 is 0 Å². The molecule has 2 N–H and O–H groups in total. The number of hydrogen-bond acceptors (Lipinski definition) is 6. The Morgan fingerprint density at radius 3 is 2.75 bits per heavy atom. The maximum Gasteiger partial charge on any atom is 0.251 e. The van der Waals surface area contributed by atoms with Gasteiger partial charge in [-0.25, -0.2) is 4.98 Å². The van der Waals surface area contributed by atoms with Crippen molar-refractivity contribution < 1.29 is 4.79 Å². The van der Waals surface area contributed by atoms with Crippen molar-refractivity contribution in [1.29, 1.82) is 0 Å². The number of aryl methyl sites for hydroxylation is 2. The number of aromatic nitrogens is 5. The molecule has 2 aromatic carbocycles. The summed E-state index contributed by atoms with van der Waals surface area (Å²) in [6.07, 6.45) is 2.30. The number of anilines is 1. The van der Waals surface area contributed by atoms with E-state index in [2.05, 4.69) is 25.5 Å². The monoisotopic (exact) mass is 446 g/mol. The van der Waals surface area contributed by atoms with E-state index < -0.39 is 0 Å². The lowest BCUT2D eigenvalue weighted by molar-refractivity contribution is -0.113. The SMILES string of the molecule is CCc1cc(=O)[nH]c(-c2cccc(NC(=O)CSc3nncn3-c3ccc(C)cc3)c2)n1. The molecule has 0 saturated heterocycles. The molecule has 8 nitrogen and oxygen atoms in total. The number of hydrogen-bond donors (Lipinski definition) is 2. The van der Waals surface area contributed by atoms with Crippen molar-refractivity contribution in [1.82, 2.24) is 24.7 Å². The molecule has 0 aliphatic rings. The molecule has 0 bridgehead atoms. The zero-order chi connectivity index (χ0) is 22.5. The molecule has 2 heterocycles. The van der Waals surface area contributed by atoms with E-state index in [4.69, 9.17) is 0 Å². The summed E-state index contributed by atoms with van der Waals surface area (Å²) in [5.41, 5.74) is 3.97. The van der Waals surface area contributed by atoms with E-state index in [1.54, 1.807) is 18.5 Å². The van der Waals surface area contributed by atoms with E-state index in [1.165, 1.54) is 23.4 Å². The van der Waals surface area contributed by atoms with Crippen LogP contribution in [0.2, 0.25) is 0 Å². The average molecular weight is 447 g/mol. The van der Waals surface area contributed by atoms with Crippen LogP contribution in [0.1, 0.15) is 18.2 Å². The fraction of sp³-hybridized carbons (Fsp3) is 0.174. The van der Waals surface area contributed by atoms with Crippen molar-refractivity contribution in [3.63, 3.8) is 0 Å². The second-order valence-electron chi connectivity index (χ2n) is 7.18. The lowest BCUT2D eigenvalue weighted by atomic mass is 10.2. The summed E-state index contributed by atoms with van der Waals surface area (Å²) >= 11 is 1.31.